The van der Waals surface area contributed by atoms with Gasteiger partial charge in [-0.05, 0) is 24.7 Å². The molecule has 1 aliphatic heterocycles. The number of carbonyl (C=O) groups excluding carboxylic acids is 1. The second kappa shape index (κ2) is 5.66. The van der Waals surface area contributed by atoms with E-state index in [-0.39, 0.29) is 23.3 Å². The lowest BCUT2D eigenvalue weighted by Crippen LogP contribution is -2.33. The average molecular weight is 247 g/mol. The molecule has 16 heavy (non-hydrogen) atoms. The molecule has 1 amide bonds. The second-order valence-corrected chi connectivity index (χ2v) is 7.25. The molecule has 0 saturated carbocycles. The summed E-state index contributed by atoms with van der Waals surface area (Å²) in [5.74, 6) is 0.903. The molecule has 0 aliphatic carbocycles. The summed E-state index contributed by atoms with van der Waals surface area (Å²) >= 11 is 0. The van der Waals surface area contributed by atoms with E-state index in [4.69, 9.17) is 0 Å². The minimum atomic E-state index is -2.89. The van der Waals surface area contributed by atoms with Gasteiger partial charge in [0.05, 0.1) is 11.5 Å². The standard InChI is InChI=1S/C11H21NO3S/c1-9(2)7-12-11(13)6-10-4-3-5-16(14,15)8-10/h9-10H,3-8H2,1-2H3,(H,12,13). The van der Waals surface area contributed by atoms with Crippen LogP contribution in [0.3, 0.4) is 0 Å². The summed E-state index contributed by atoms with van der Waals surface area (Å²) in [6, 6.07) is 0. The fourth-order valence-electron chi connectivity index (χ4n) is 1.93. The van der Waals surface area contributed by atoms with Crippen molar-refractivity contribution < 1.29 is 13.2 Å². The molecule has 1 aliphatic rings. The first kappa shape index (κ1) is 13.5. The molecule has 0 aromatic carbocycles. The summed E-state index contributed by atoms with van der Waals surface area (Å²) in [4.78, 5) is 11.5. The molecule has 4 nitrogen and oxygen atoms in total. The largest absolute Gasteiger partial charge is 0.356 e. The monoisotopic (exact) mass is 247 g/mol. The topological polar surface area (TPSA) is 63.2 Å². The van der Waals surface area contributed by atoms with Gasteiger partial charge >= 0.3 is 0 Å². The molecule has 0 radical (unpaired) electrons. The highest BCUT2D eigenvalue weighted by atomic mass is 32.2. The van der Waals surface area contributed by atoms with Crippen molar-refractivity contribution in [1.29, 1.82) is 0 Å². The lowest BCUT2D eigenvalue weighted by Gasteiger charge is -2.21. The van der Waals surface area contributed by atoms with Gasteiger partial charge in [0.2, 0.25) is 5.91 Å². The maximum Gasteiger partial charge on any atom is 0.220 e. The van der Waals surface area contributed by atoms with Crippen LogP contribution >= 0.6 is 0 Å². The Balaban J connectivity index is 2.34. The van der Waals surface area contributed by atoms with Gasteiger partial charge in [0.25, 0.3) is 0 Å². The van der Waals surface area contributed by atoms with Crippen molar-refractivity contribution in [2.75, 3.05) is 18.1 Å². The molecule has 1 atom stereocenters. The molecule has 94 valence electrons. The maximum atomic E-state index is 11.5. The van der Waals surface area contributed by atoms with Crippen molar-refractivity contribution in [2.45, 2.75) is 33.1 Å². The van der Waals surface area contributed by atoms with Gasteiger partial charge in [-0.1, -0.05) is 13.8 Å². The zero-order valence-corrected chi connectivity index (χ0v) is 10.8. The zero-order chi connectivity index (χ0) is 12.2. The van der Waals surface area contributed by atoms with E-state index < -0.39 is 9.84 Å². The molecule has 0 bridgehead atoms. The number of hydrogen-bond acceptors (Lipinski definition) is 3. The Morgan fingerprint density at radius 3 is 2.69 bits per heavy atom. The lowest BCUT2D eigenvalue weighted by molar-refractivity contribution is -0.122. The fraction of sp³-hybridized carbons (Fsp3) is 0.909. The van der Waals surface area contributed by atoms with Gasteiger partial charge < -0.3 is 5.32 Å². The third kappa shape index (κ3) is 4.96. The Morgan fingerprint density at radius 2 is 2.12 bits per heavy atom. The van der Waals surface area contributed by atoms with Gasteiger partial charge in [-0.15, -0.1) is 0 Å². The first-order chi connectivity index (χ1) is 7.39. The van der Waals surface area contributed by atoms with Crippen LogP contribution in [0.5, 0.6) is 0 Å². The molecule has 1 saturated heterocycles. The van der Waals surface area contributed by atoms with Crippen LogP contribution in [0.4, 0.5) is 0 Å². The van der Waals surface area contributed by atoms with Gasteiger partial charge in [-0.2, -0.15) is 0 Å². The van der Waals surface area contributed by atoms with Crippen molar-refractivity contribution in [1.82, 2.24) is 5.32 Å². The summed E-state index contributed by atoms with van der Waals surface area (Å²) in [5.41, 5.74) is 0. The van der Waals surface area contributed by atoms with E-state index in [1.807, 2.05) is 13.8 Å². The smallest absolute Gasteiger partial charge is 0.220 e. The van der Waals surface area contributed by atoms with Crippen LogP contribution in [0.2, 0.25) is 0 Å². The Morgan fingerprint density at radius 1 is 1.44 bits per heavy atom. The minimum Gasteiger partial charge on any atom is -0.356 e. The molecule has 1 N–H and O–H groups in total. The van der Waals surface area contributed by atoms with Gasteiger partial charge in [-0.25, -0.2) is 8.42 Å². The first-order valence-corrected chi connectivity index (χ1v) is 7.68. The predicted molar refractivity (Wildman–Crippen MR) is 63.8 cm³/mol. The van der Waals surface area contributed by atoms with Gasteiger partial charge in [0.15, 0.2) is 9.84 Å². The van der Waals surface area contributed by atoms with Gasteiger partial charge in [0.1, 0.15) is 0 Å². The number of amides is 1. The highest BCUT2D eigenvalue weighted by Gasteiger charge is 2.26. The Bertz CT molecular complexity index is 335. The summed E-state index contributed by atoms with van der Waals surface area (Å²) in [7, 11) is -2.89. The summed E-state index contributed by atoms with van der Waals surface area (Å²) < 4.78 is 22.8. The van der Waals surface area contributed by atoms with Crippen LogP contribution in [-0.4, -0.2) is 32.4 Å². The number of hydrogen-bond donors (Lipinski definition) is 1. The molecule has 5 heteroatoms. The van der Waals surface area contributed by atoms with E-state index >= 15 is 0 Å². The summed E-state index contributed by atoms with van der Waals surface area (Å²) in [5, 5.41) is 2.82. The first-order valence-electron chi connectivity index (χ1n) is 5.86. The lowest BCUT2D eigenvalue weighted by atomic mass is 10.0. The van der Waals surface area contributed by atoms with Crippen LogP contribution in [0.15, 0.2) is 0 Å². The number of sulfone groups is 1. The normalized spacial score (nSPS) is 24.3. The summed E-state index contributed by atoms with van der Waals surface area (Å²) in [6.07, 6.45) is 1.91. The van der Waals surface area contributed by atoms with Crippen LogP contribution in [0.1, 0.15) is 33.1 Å². The van der Waals surface area contributed by atoms with Gasteiger partial charge in [0, 0.05) is 13.0 Å². The second-order valence-electron chi connectivity index (χ2n) is 5.02. The predicted octanol–water partition coefficient (Wildman–Crippen LogP) is 0.974. The van der Waals surface area contributed by atoms with Crippen LogP contribution < -0.4 is 5.32 Å². The van der Waals surface area contributed by atoms with E-state index in [1.165, 1.54) is 0 Å². The molecular formula is C11H21NO3S. The molecule has 1 unspecified atom stereocenters. The Labute approximate surface area is 97.7 Å². The number of nitrogens with one attached hydrogen (secondary N) is 1. The van der Waals surface area contributed by atoms with Crippen LogP contribution in [-0.2, 0) is 14.6 Å². The summed E-state index contributed by atoms with van der Waals surface area (Å²) in [6.45, 7) is 4.73. The van der Waals surface area contributed by atoms with E-state index in [2.05, 4.69) is 5.32 Å². The van der Waals surface area contributed by atoms with Crippen molar-refractivity contribution >= 4 is 15.7 Å². The molecule has 1 fully saturated rings. The third-order valence-corrected chi connectivity index (χ3v) is 4.63. The minimum absolute atomic E-state index is 0.0178. The average Bonchev–Trinajstić information content (AvgIpc) is 2.13. The van der Waals surface area contributed by atoms with E-state index in [1.54, 1.807) is 0 Å². The fourth-order valence-corrected chi connectivity index (χ4v) is 3.71. The molecule has 1 heterocycles. The number of carbonyl (C=O) groups is 1. The highest BCUT2D eigenvalue weighted by molar-refractivity contribution is 7.91. The van der Waals surface area contributed by atoms with Crippen LogP contribution in [0, 0.1) is 11.8 Å². The van der Waals surface area contributed by atoms with E-state index in [0.29, 0.717) is 25.3 Å². The van der Waals surface area contributed by atoms with Crippen molar-refractivity contribution in [3.63, 3.8) is 0 Å². The highest BCUT2D eigenvalue weighted by Crippen LogP contribution is 2.21. The molecule has 0 aromatic rings. The Kier molecular flexibility index (Phi) is 4.77. The van der Waals surface area contributed by atoms with Gasteiger partial charge in [-0.3, -0.25) is 4.79 Å². The Hall–Kier alpha value is -0.580. The maximum absolute atomic E-state index is 11.5. The van der Waals surface area contributed by atoms with E-state index in [0.717, 1.165) is 6.42 Å². The number of rotatable bonds is 4. The van der Waals surface area contributed by atoms with Crippen molar-refractivity contribution in [3.05, 3.63) is 0 Å². The molecular weight excluding hydrogens is 226 g/mol. The van der Waals surface area contributed by atoms with Crippen molar-refractivity contribution in [3.8, 4) is 0 Å². The van der Waals surface area contributed by atoms with Crippen molar-refractivity contribution in [2.24, 2.45) is 11.8 Å². The van der Waals surface area contributed by atoms with Crippen LogP contribution in [0.25, 0.3) is 0 Å². The SMILES string of the molecule is CC(C)CNC(=O)CC1CCCS(=O)(=O)C1. The molecule has 0 spiro atoms. The molecule has 0 aromatic heterocycles. The zero-order valence-electron chi connectivity index (χ0n) is 10.0. The van der Waals surface area contributed by atoms with E-state index in [9.17, 15) is 13.2 Å². The third-order valence-electron chi connectivity index (χ3n) is 2.74. The quantitative estimate of drug-likeness (QED) is 0.805. The molecule has 1 rings (SSSR count).